The molecule has 120 valence electrons. The first kappa shape index (κ1) is 20.2. The van der Waals surface area contributed by atoms with Crippen molar-refractivity contribution in [1.29, 1.82) is 0 Å². The summed E-state index contributed by atoms with van der Waals surface area (Å²) in [6.07, 6.45) is 0.637. The fourth-order valence-corrected chi connectivity index (χ4v) is 2.07. The standard InChI is InChI=1S/C15H23ClN2O2.ClH/c1-4-10(2)14(17)15(19)18-9-13(20-3)11-6-5-7-12(16)8-11;/h5-8,10,13-14H,4,9,17H2,1-3H3,(H,18,19);1H. The molecule has 3 atom stereocenters. The van der Waals surface area contributed by atoms with Crippen LogP contribution in [0.5, 0.6) is 0 Å². The second kappa shape index (κ2) is 10.0. The lowest BCUT2D eigenvalue weighted by molar-refractivity contribution is -0.124. The molecule has 1 aromatic carbocycles. The zero-order chi connectivity index (χ0) is 15.1. The van der Waals surface area contributed by atoms with Crippen LogP contribution in [-0.2, 0) is 9.53 Å². The summed E-state index contributed by atoms with van der Waals surface area (Å²) in [5.74, 6) is 0.00518. The minimum Gasteiger partial charge on any atom is -0.375 e. The Morgan fingerprint density at radius 1 is 1.48 bits per heavy atom. The number of carbonyl (C=O) groups is 1. The molecule has 0 saturated heterocycles. The van der Waals surface area contributed by atoms with E-state index in [1.165, 1.54) is 0 Å². The highest BCUT2D eigenvalue weighted by atomic mass is 35.5. The molecule has 6 heteroatoms. The molecule has 1 aromatic rings. The van der Waals surface area contributed by atoms with Crippen LogP contribution in [-0.4, -0.2) is 25.6 Å². The average molecular weight is 335 g/mol. The van der Waals surface area contributed by atoms with E-state index in [1.54, 1.807) is 13.2 Å². The number of nitrogens with two attached hydrogens (primary N) is 1. The van der Waals surface area contributed by atoms with E-state index in [-0.39, 0.29) is 30.3 Å². The first-order valence-electron chi connectivity index (χ1n) is 6.81. The van der Waals surface area contributed by atoms with Crippen molar-refractivity contribution >= 4 is 29.9 Å². The van der Waals surface area contributed by atoms with E-state index < -0.39 is 6.04 Å². The molecule has 0 aliphatic carbocycles. The van der Waals surface area contributed by atoms with Crippen LogP contribution >= 0.6 is 24.0 Å². The van der Waals surface area contributed by atoms with E-state index >= 15 is 0 Å². The van der Waals surface area contributed by atoms with Crippen LogP contribution in [0.2, 0.25) is 5.02 Å². The Morgan fingerprint density at radius 2 is 2.14 bits per heavy atom. The third-order valence-corrected chi connectivity index (χ3v) is 3.76. The van der Waals surface area contributed by atoms with Gasteiger partial charge in [0.05, 0.1) is 12.1 Å². The number of amides is 1. The minimum atomic E-state index is -0.489. The van der Waals surface area contributed by atoms with Gasteiger partial charge in [-0.1, -0.05) is 44.0 Å². The summed E-state index contributed by atoms with van der Waals surface area (Å²) < 4.78 is 5.39. The molecular weight excluding hydrogens is 311 g/mol. The van der Waals surface area contributed by atoms with Crippen molar-refractivity contribution in [3.05, 3.63) is 34.9 Å². The molecule has 3 N–H and O–H groups in total. The van der Waals surface area contributed by atoms with Gasteiger partial charge in [0.15, 0.2) is 0 Å². The second-order valence-corrected chi connectivity index (χ2v) is 5.37. The maximum atomic E-state index is 11.9. The third-order valence-electron chi connectivity index (χ3n) is 3.53. The van der Waals surface area contributed by atoms with E-state index in [0.717, 1.165) is 12.0 Å². The lowest BCUT2D eigenvalue weighted by Crippen LogP contribution is -2.45. The van der Waals surface area contributed by atoms with Gasteiger partial charge in [0.1, 0.15) is 0 Å². The molecule has 0 aromatic heterocycles. The molecule has 0 saturated carbocycles. The van der Waals surface area contributed by atoms with E-state index in [4.69, 9.17) is 22.1 Å². The van der Waals surface area contributed by atoms with Crippen molar-refractivity contribution in [2.24, 2.45) is 11.7 Å². The van der Waals surface area contributed by atoms with Gasteiger partial charge in [-0.3, -0.25) is 4.79 Å². The maximum Gasteiger partial charge on any atom is 0.237 e. The van der Waals surface area contributed by atoms with E-state index in [0.29, 0.717) is 11.6 Å². The van der Waals surface area contributed by atoms with Gasteiger partial charge in [-0.05, 0) is 23.6 Å². The predicted molar refractivity (Wildman–Crippen MR) is 88.9 cm³/mol. The van der Waals surface area contributed by atoms with Crippen LogP contribution < -0.4 is 11.1 Å². The number of ether oxygens (including phenoxy) is 1. The first-order valence-corrected chi connectivity index (χ1v) is 7.18. The number of carbonyl (C=O) groups excluding carboxylic acids is 1. The maximum absolute atomic E-state index is 11.9. The van der Waals surface area contributed by atoms with Gasteiger partial charge in [-0.25, -0.2) is 0 Å². The quantitative estimate of drug-likeness (QED) is 0.805. The summed E-state index contributed by atoms with van der Waals surface area (Å²) in [5.41, 5.74) is 6.82. The molecule has 0 heterocycles. The molecule has 21 heavy (non-hydrogen) atoms. The Hall–Kier alpha value is -0.810. The lowest BCUT2D eigenvalue weighted by Gasteiger charge is -2.21. The summed E-state index contributed by atoms with van der Waals surface area (Å²) in [6.45, 7) is 4.36. The van der Waals surface area contributed by atoms with Crippen molar-refractivity contribution in [3.8, 4) is 0 Å². The molecule has 1 amide bonds. The normalized spacial score (nSPS) is 14.7. The monoisotopic (exact) mass is 334 g/mol. The molecule has 3 unspecified atom stereocenters. The minimum absolute atomic E-state index is 0. The fraction of sp³-hybridized carbons (Fsp3) is 0.533. The van der Waals surface area contributed by atoms with Gasteiger partial charge in [0.25, 0.3) is 0 Å². The number of halogens is 2. The van der Waals surface area contributed by atoms with Crippen LogP contribution in [0.3, 0.4) is 0 Å². The summed E-state index contributed by atoms with van der Waals surface area (Å²) in [7, 11) is 1.60. The molecule has 4 nitrogen and oxygen atoms in total. The van der Waals surface area contributed by atoms with Gasteiger partial charge in [0.2, 0.25) is 5.91 Å². The number of nitrogens with one attached hydrogen (secondary N) is 1. The van der Waals surface area contributed by atoms with E-state index in [1.807, 2.05) is 32.0 Å². The fourth-order valence-electron chi connectivity index (χ4n) is 1.87. The van der Waals surface area contributed by atoms with E-state index in [9.17, 15) is 4.79 Å². The van der Waals surface area contributed by atoms with Crippen molar-refractivity contribution in [2.75, 3.05) is 13.7 Å². The zero-order valence-electron chi connectivity index (χ0n) is 12.6. The highest BCUT2D eigenvalue weighted by Gasteiger charge is 2.20. The molecular formula is C15H24Cl2N2O2. The largest absolute Gasteiger partial charge is 0.375 e. The van der Waals surface area contributed by atoms with Gasteiger partial charge >= 0.3 is 0 Å². The Morgan fingerprint density at radius 3 is 2.67 bits per heavy atom. The number of methoxy groups -OCH3 is 1. The Balaban J connectivity index is 0.00000400. The molecule has 0 aliphatic rings. The van der Waals surface area contributed by atoms with Gasteiger partial charge in [0, 0.05) is 18.7 Å². The molecule has 0 bridgehead atoms. The van der Waals surface area contributed by atoms with Crippen LogP contribution in [0.1, 0.15) is 31.9 Å². The molecule has 0 spiro atoms. The van der Waals surface area contributed by atoms with Crippen LogP contribution in [0, 0.1) is 5.92 Å². The van der Waals surface area contributed by atoms with Gasteiger partial charge < -0.3 is 15.8 Å². The lowest BCUT2D eigenvalue weighted by atomic mass is 9.99. The Labute approximate surface area is 137 Å². The van der Waals surface area contributed by atoms with Gasteiger partial charge in [-0.15, -0.1) is 12.4 Å². The van der Waals surface area contributed by atoms with Gasteiger partial charge in [-0.2, -0.15) is 0 Å². The molecule has 0 fully saturated rings. The summed E-state index contributed by atoms with van der Waals surface area (Å²) in [4.78, 5) is 11.9. The van der Waals surface area contributed by atoms with Crippen LogP contribution in [0.25, 0.3) is 0 Å². The average Bonchev–Trinajstić information content (AvgIpc) is 2.46. The topological polar surface area (TPSA) is 64.4 Å². The van der Waals surface area contributed by atoms with Crippen LogP contribution in [0.15, 0.2) is 24.3 Å². The highest BCUT2D eigenvalue weighted by Crippen LogP contribution is 2.19. The Bertz CT molecular complexity index is 443. The summed E-state index contributed by atoms with van der Waals surface area (Å²) in [5, 5.41) is 3.48. The van der Waals surface area contributed by atoms with E-state index in [2.05, 4.69) is 5.32 Å². The smallest absolute Gasteiger partial charge is 0.237 e. The Kier molecular flexibility index (Phi) is 9.62. The number of rotatable bonds is 7. The predicted octanol–water partition coefficient (Wildman–Crippen LogP) is 2.94. The van der Waals surface area contributed by atoms with Crippen molar-refractivity contribution in [2.45, 2.75) is 32.4 Å². The van der Waals surface area contributed by atoms with Crippen molar-refractivity contribution in [1.82, 2.24) is 5.32 Å². The zero-order valence-corrected chi connectivity index (χ0v) is 14.2. The molecule has 1 rings (SSSR count). The number of benzene rings is 1. The third kappa shape index (κ3) is 6.22. The van der Waals surface area contributed by atoms with Crippen molar-refractivity contribution < 1.29 is 9.53 Å². The second-order valence-electron chi connectivity index (χ2n) is 4.94. The van der Waals surface area contributed by atoms with Crippen LogP contribution in [0.4, 0.5) is 0 Å². The summed E-state index contributed by atoms with van der Waals surface area (Å²) in [6, 6.07) is 6.92. The number of hydrogen-bond acceptors (Lipinski definition) is 3. The van der Waals surface area contributed by atoms with Crippen molar-refractivity contribution in [3.63, 3.8) is 0 Å². The highest BCUT2D eigenvalue weighted by molar-refractivity contribution is 6.30. The number of hydrogen-bond donors (Lipinski definition) is 2. The first-order chi connectivity index (χ1) is 9.49. The SMILES string of the molecule is CCC(C)C(N)C(=O)NCC(OC)c1cccc(Cl)c1.Cl. The molecule has 0 aliphatic heterocycles. The molecule has 0 radical (unpaired) electrons. The summed E-state index contributed by atoms with van der Waals surface area (Å²) >= 11 is 5.96.